The molecule has 2 aromatic carbocycles. The third kappa shape index (κ3) is 5.25. The molecule has 0 saturated heterocycles. The Morgan fingerprint density at radius 2 is 1.70 bits per heavy atom. The maximum absolute atomic E-state index is 13.0. The van der Waals surface area contributed by atoms with E-state index >= 15 is 0 Å². The van der Waals surface area contributed by atoms with Crippen LogP contribution in [0.1, 0.15) is 36.3 Å². The van der Waals surface area contributed by atoms with Crippen LogP contribution in [0.2, 0.25) is 0 Å². The SMILES string of the molecule is C=CCN(CC(=O)O)C(=O)C(CC1CC1)NC(=O)OCC1c2ccccc2-c2ccccc21. The molecule has 0 radical (unpaired) electrons. The molecular weight excluding hydrogens is 420 g/mol. The molecule has 1 unspecified atom stereocenters. The van der Waals surface area contributed by atoms with E-state index in [0.29, 0.717) is 12.3 Å². The van der Waals surface area contributed by atoms with E-state index < -0.39 is 30.6 Å². The molecule has 4 rings (SSSR count). The molecule has 2 aliphatic rings. The number of carboxylic acid groups (broad SMARTS) is 1. The molecular formula is C26H28N2O5. The van der Waals surface area contributed by atoms with Gasteiger partial charge in [0, 0.05) is 12.5 Å². The summed E-state index contributed by atoms with van der Waals surface area (Å²) in [5.74, 6) is -1.28. The first kappa shape index (κ1) is 22.6. The van der Waals surface area contributed by atoms with Crippen molar-refractivity contribution >= 4 is 18.0 Å². The van der Waals surface area contributed by atoms with Crippen molar-refractivity contribution in [1.29, 1.82) is 0 Å². The van der Waals surface area contributed by atoms with Crippen LogP contribution in [0.5, 0.6) is 0 Å². The summed E-state index contributed by atoms with van der Waals surface area (Å²) in [4.78, 5) is 38.1. The fourth-order valence-corrected chi connectivity index (χ4v) is 4.46. The number of rotatable bonds is 10. The molecule has 0 heterocycles. The second-order valence-corrected chi connectivity index (χ2v) is 8.60. The number of benzene rings is 2. The molecule has 1 atom stereocenters. The highest BCUT2D eigenvalue weighted by molar-refractivity contribution is 5.88. The maximum atomic E-state index is 13.0. The van der Waals surface area contributed by atoms with E-state index in [1.165, 1.54) is 11.0 Å². The van der Waals surface area contributed by atoms with Crippen molar-refractivity contribution in [3.8, 4) is 11.1 Å². The summed E-state index contributed by atoms with van der Waals surface area (Å²) >= 11 is 0. The van der Waals surface area contributed by atoms with Gasteiger partial charge in [-0.25, -0.2) is 4.79 Å². The minimum absolute atomic E-state index is 0.0787. The highest BCUT2D eigenvalue weighted by Gasteiger charge is 2.34. The van der Waals surface area contributed by atoms with E-state index in [4.69, 9.17) is 9.84 Å². The lowest BCUT2D eigenvalue weighted by atomic mass is 9.98. The van der Waals surface area contributed by atoms with E-state index in [1.54, 1.807) is 0 Å². The van der Waals surface area contributed by atoms with Gasteiger partial charge in [-0.3, -0.25) is 9.59 Å². The number of aliphatic carboxylic acids is 1. The Kier molecular flexibility index (Phi) is 6.77. The van der Waals surface area contributed by atoms with Crippen molar-refractivity contribution in [3.63, 3.8) is 0 Å². The third-order valence-electron chi connectivity index (χ3n) is 6.19. The Morgan fingerprint density at radius 3 is 2.24 bits per heavy atom. The molecule has 2 aliphatic carbocycles. The fraction of sp³-hybridized carbons (Fsp3) is 0.346. The number of amides is 2. The highest BCUT2D eigenvalue weighted by Crippen LogP contribution is 2.44. The second-order valence-electron chi connectivity index (χ2n) is 8.60. The minimum atomic E-state index is -1.11. The normalized spacial score (nSPS) is 15.2. The van der Waals surface area contributed by atoms with Gasteiger partial charge in [0.2, 0.25) is 5.91 Å². The van der Waals surface area contributed by atoms with Gasteiger partial charge in [0.1, 0.15) is 19.2 Å². The van der Waals surface area contributed by atoms with Crippen LogP contribution in [-0.2, 0) is 14.3 Å². The predicted octanol–water partition coefficient (Wildman–Crippen LogP) is 3.79. The van der Waals surface area contributed by atoms with Crippen LogP contribution in [0.15, 0.2) is 61.2 Å². The van der Waals surface area contributed by atoms with Gasteiger partial charge >= 0.3 is 12.1 Å². The number of hydrogen-bond acceptors (Lipinski definition) is 4. The van der Waals surface area contributed by atoms with Crippen LogP contribution in [0, 0.1) is 5.92 Å². The van der Waals surface area contributed by atoms with Crippen molar-refractivity contribution in [2.45, 2.75) is 31.2 Å². The molecule has 2 amide bonds. The van der Waals surface area contributed by atoms with Crippen LogP contribution < -0.4 is 5.32 Å². The van der Waals surface area contributed by atoms with Crippen molar-refractivity contribution < 1.29 is 24.2 Å². The number of carbonyl (C=O) groups excluding carboxylic acids is 2. The van der Waals surface area contributed by atoms with Crippen molar-refractivity contribution in [1.82, 2.24) is 10.2 Å². The first-order valence-corrected chi connectivity index (χ1v) is 11.2. The second kappa shape index (κ2) is 9.90. The molecule has 0 bridgehead atoms. The topological polar surface area (TPSA) is 95.9 Å². The van der Waals surface area contributed by atoms with Crippen LogP contribution in [0.25, 0.3) is 11.1 Å². The average molecular weight is 449 g/mol. The molecule has 0 aliphatic heterocycles. The number of alkyl carbamates (subject to hydrolysis) is 1. The summed E-state index contributed by atoms with van der Waals surface area (Å²) in [5, 5.41) is 11.8. The number of hydrogen-bond donors (Lipinski definition) is 2. The van der Waals surface area contributed by atoms with Crippen LogP contribution in [-0.4, -0.2) is 53.7 Å². The molecule has 2 N–H and O–H groups in total. The number of carboxylic acids is 1. The van der Waals surface area contributed by atoms with Gasteiger partial charge < -0.3 is 20.1 Å². The summed E-state index contributed by atoms with van der Waals surface area (Å²) < 4.78 is 5.59. The van der Waals surface area contributed by atoms with Crippen molar-refractivity contribution in [2.75, 3.05) is 19.7 Å². The van der Waals surface area contributed by atoms with E-state index in [-0.39, 0.29) is 19.1 Å². The van der Waals surface area contributed by atoms with Gasteiger partial charge in [0.05, 0.1) is 0 Å². The van der Waals surface area contributed by atoms with Gasteiger partial charge in [-0.15, -0.1) is 6.58 Å². The Bertz CT molecular complexity index is 1020. The Balaban J connectivity index is 1.43. The van der Waals surface area contributed by atoms with Crippen molar-refractivity contribution in [2.24, 2.45) is 5.92 Å². The zero-order valence-corrected chi connectivity index (χ0v) is 18.4. The van der Waals surface area contributed by atoms with E-state index in [1.807, 2.05) is 36.4 Å². The first-order valence-electron chi connectivity index (χ1n) is 11.2. The minimum Gasteiger partial charge on any atom is -0.480 e. The van der Waals surface area contributed by atoms with E-state index in [2.05, 4.69) is 24.0 Å². The Labute approximate surface area is 193 Å². The number of nitrogens with one attached hydrogen (secondary N) is 1. The monoisotopic (exact) mass is 448 g/mol. The summed E-state index contributed by atoms with van der Waals surface area (Å²) in [5.41, 5.74) is 4.49. The summed E-state index contributed by atoms with van der Waals surface area (Å²) in [6.07, 6.45) is 3.26. The third-order valence-corrected chi connectivity index (χ3v) is 6.19. The molecule has 0 spiro atoms. The molecule has 1 fully saturated rings. The summed E-state index contributed by atoms with van der Waals surface area (Å²) in [6, 6.07) is 15.3. The van der Waals surface area contributed by atoms with Gasteiger partial charge in [-0.1, -0.05) is 67.4 Å². The maximum Gasteiger partial charge on any atom is 0.407 e. The number of carbonyl (C=O) groups is 3. The molecule has 33 heavy (non-hydrogen) atoms. The highest BCUT2D eigenvalue weighted by atomic mass is 16.5. The van der Waals surface area contributed by atoms with Gasteiger partial charge in [-0.2, -0.15) is 0 Å². The molecule has 7 nitrogen and oxygen atoms in total. The van der Waals surface area contributed by atoms with Gasteiger partial charge in [0.15, 0.2) is 0 Å². The lowest BCUT2D eigenvalue weighted by Crippen LogP contribution is -2.50. The lowest BCUT2D eigenvalue weighted by molar-refractivity contribution is -0.145. The smallest absolute Gasteiger partial charge is 0.407 e. The predicted molar refractivity (Wildman–Crippen MR) is 124 cm³/mol. The quantitative estimate of drug-likeness (QED) is 0.539. The van der Waals surface area contributed by atoms with E-state index in [9.17, 15) is 14.4 Å². The van der Waals surface area contributed by atoms with Gasteiger partial charge in [-0.05, 0) is 34.6 Å². The number of nitrogens with zero attached hydrogens (tertiary/aromatic N) is 1. The number of ether oxygens (including phenoxy) is 1. The molecule has 0 aromatic heterocycles. The molecule has 1 saturated carbocycles. The Morgan fingerprint density at radius 1 is 1.09 bits per heavy atom. The largest absolute Gasteiger partial charge is 0.480 e. The average Bonchev–Trinajstić information content (AvgIpc) is 3.57. The van der Waals surface area contributed by atoms with Crippen LogP contribution >= 0.6 is 0 Å². The standard InChI is InChI=1S/C26H28N2O5/c1-2-13-28(15-24(29)30)25(31)23(14-17-11-12-17)27-26(32)33-16-22-20-9-5-3-7-18(20)19-8-4-6-10-21(19)22/h2-10,17,22-23H,1,11-16H2,(H,27,32)(H,29,30). The van der Waals surface area contributed by atoms with Crippen LogP contribution in [0.4, 0.5) is 4.79 Å². The zero-order chi connectivity index (χ0) is 23.4. The van der Waals surface area contributed by atoms with Crippen LogP contribution in [0.3, 0.4) is 0 Å². The molecule has 7 heteroatoms. The lowest BCUT2D eigenvalue weighted by Gasteiger charge is -2.26. The summed E-state index contributed by atoms with van der Waals surface area (Å²) in [6.45, 7) is 3.39. The number of fused-ring (bicyclic) bond motifs is 3. The van der Waals surface area contributed by atoms with E-state index in [0.717, 1.165) is 35.1 Å². The molecule has 2 aromatic rings. The molecule has 172 valence electrons. The van der Waals surface area contributed by atoms with Gasteiger partial charge in [0.25, 0.3) is 0 Å². The zero-order valence-electron chi connectivity index (χ0n) is 18.4. The Hall–Kier alpha value is -3.61. The first-order chi connectivity index (χ1) is 16.0. The summed E-state index contributed by atoms with van der Waals surface area (Å²) in [7, 11) is 0. The van der Waals surface area contributed by atoms with Crippen molar-refractivity contribution in [3.05, 3.63) is 72.3 Å². The fourth-order valence-electron chi connectivity index (χ4n) is 4.46.